The lowest BCUT2D eigenvalue weighted by Gasteiger charge is -2.34. The highest BCUT2D eigenvalue weighted by molar-refractivity contribution is 7.91. The van der Waals surface area contributed by atoms with E-state index in [9.17, 15) is 16.8 Å². The summed E-state index contributed by atoms with van der Waals surface area (Å²) < 4.78 is 55.3. The van der Waals surface area contributed by atoms with Gasteiger partial charge >= 0.3 is 0 Å². The van der Waals surface area contributed by atoms with E-state index in [0.717, 1.165) is 6.26 Å². The smallest absolute Gasteiger partial charge is 0.243 e. The van der Waals surface area contributed by atoms with E-state index in [1.807, 2.05) is 13.8 Å². The maximum Gasteiger partial charge on any atom is 0.243 e. The summed E-state index contributed by atoms with van der Waals surface area (Å²) in [4.78, 5) is -0.00958. The average molecular weight is 333 g/mol. The van der Waals surface area contributed by atoms with Crippen LogP contribution in [0.4, 0.5) is 0 Å². The molecule has 2 rings (SSSR count). The minimum atomic E-state index is -3.72. The number of hydrogen-bond donors (Lipinski definition) is 0. The van der Waals surface area contributed by atoms with E-state index < -0.39 is 19.9 Å². The van der Waals surface area contributed by atoms with Gasteiger partial charge in [0.05, 0.1) is 22.0 Å². The molecule has 1 aliphatic heterocycles. The van der Waals surface area contributed by atoms with E-state index in [1.54, 1.807) is 0 Å². The normalized spacial score (nSPS) is 24.9. The molecule has 21 heavy (non-hydrogen) atoms. The van der Waals surface area contributed by atoms with Crippen LogP contribution in [0, 0.1) is 0 Å². The Hall–Kier alpha value is -0.960. The molecule has 1 aromatic carbocycles. The Kier molecular flexibility index (Phi) is 4.44. The minimum Gasteiger partial charge on any atom is -0.373 e. The summed E-state index contributed by atoms with van der Waals surface area (Å²) in [6.07, 6.45) is 0.667. The molecular weight excluding hydrogens is 314 g/mol. The van der Waals surface area contributed by atoms with E-state index in [-0.39, 0.29) is 35.1 Å². The molecule has 0 amide bonds. The third kappa shape index (κ3) is 3.63. The molecule has 0 radical (unpaired) electrons. The molecule has 2 atom stereocenters. The van der Waals surface area contributed by atoms with Gasteiger partial charge in [0, 0.05) is 19.3 Å². The van der Waals surface area contributed by atoms with Crippen molar-refractivity contribution >= 4 is 19.9 Å². The summed E-state index contributed by atoms with van der Waals surface area (Å²) in [7, 11) is -7.17. The molecule has 2 unspecified atom stereocenters. The van der Waals surface area contributed by atoms with Gasteiger partial charge in [-0.2, -0.15) is 4.31 Å². The summed E-state index contributed by atoms with van der Waals surface area (Å²) in [6, 6.07) is 5.44. The number of ether oxygens (including phenoxy) is 1. The van der Waals surface area contributed by atoms with Gasteiger partial charge < -0.3 is 4.74 Å². The predicted molar refractivity (Wildman–Crippen MR) is 78.3 cm³/mol. The average Bonchev–Trinajstić information content (AvgIpc) is 2.36. The molecule has 1 fully saturated rings. The number of benzene rings is 1. The van der Waals surface area contributed by atoms with Crippen molar-refractivity contribution in [2.75, 3.05) is 19.3 Å². The Labute approximate surface area is 125 Å². The Bertz CT molecular complexity index is 717. The fourth-order valence-electron chi connectivity index (χ4n) is 2.34. The van der Waals surface area contributed by atoms with Gasteiger partial charge in [-0.15, -0.1) is 0 Å². The Morgan fingerprint density at radius 3 is 2.10 bits per heavy atom. The summed E-state index contributed by atoms with van der Waals surface area (Å²) in [5.41, 5.74) is 0. The first-order chi connectivity index (χ1) is 9.60. The Morgan fingerprint density at radius 1 is 1.05 bits per heavy atom. The van der Waals surface area contributed by atoms with E-state index in [4.69, 9.17) is 4.74 Å². The van der Waals surface area contributed by atoms with E-state index in [2.05, 4.69) is 0 Å². The van der Waals surface area contributed by atoms with Crippen molar-refractivity contribution in [3.05, 3.63) is 24.3 Å². The van der Waals surface area contributed by atoms with Crippen molar-refractivity contribution in [3.63, 3.8) is 0 Å². The van der Waals surface area contributed by atoms with Gasteiger partial charge in [-0.3, -0.25) is 0 Å². The van der Waals surface area contributed by atoms with Crippen molar-refractivity contribution < 1.29 is 21.6 Å². The van der Waals surface area contributed by atoms with Crippen molar-refractivity contribution in [1.29, 1.82) is 0 Å². The second kappa shape index (κ2) is 5.68. The van der Waals surface area contributed by atoms with Crippen LogP contribution >= 0.6 is 0 Å². The number of nitrogens with zero attached hydrogens (tertiary/aromatic N) is 1. The topological polar surface area (TPSA) is 80.8 Å². The number of sulfone groups is 1. The molecule has 118 valence electrons. The van der Waals surface area contributed by atoms with Crippen LogP contribution in [0.15, 0.2) is 34.1 Å². The van der Waals surface area contributed by atoms with Crippen molar-refractivity contribution in [2.45, 2.75) is 35.8 Å². The molecule has 0 spiro atoms. The first kappa shape index (κ1) is 16.4. The second-order valence-electron chi connectivity index (χ2n) is 5.33. The molecule has 1 saturated heterocycles. The van der Waals surface area contributed by atoms with E-state index >= 15 is 0 Å². The quantitative estimate of drug-likeness (QED) is 0.820. The zero-order chi connectivity index (χ0) is 15.8. The summed E-state index contributed by atoms with van der Waals surface area (Å²) in [5.74, 6) is 0. The Morgan fingerprint density at radius 2 is 1.57 bits per heavy atom. The van der Waals surface area contributed by atoms with Gasteiger partial charge in [0.25, 0.3) is 0 Å². The fourth-order valence-corrected chi connectivity index (χ4v) is 4.72. The molecule has 1 aliphatic rings. The molecule has 6 nitrogen and oxygen atoms in total. The van der Waals surface area contributed by atoms with Crippen LogP contribution in [-0.4, -0.2) is 52.7 Å². The maximum atomic E-state index is 12.6. The number of morpholine rings is 1. The zero-order valence-corrected chi connectivity index (χ0v) is 13.8. The maximum absolute atomic E-state index is 12.6. The van der Waals surface area contributed by atoms with Crippen LogP contribution in [0.25, 0.3) is 0 Å². The lowest BCUT2D eigenvalue weighted by atomic mass is 10.3. The third-order valence-corrected chi connectivity index (χ3v) is 6.20. The molecule has 1 heterocycles. The highest BCUT2D eigenvalue weighted by Gasteiger charge is 2.32. The molecule has 0 aromatic heterocycles. The van der Waals surface area contributed by atoms with Crippen molar-refractivity contribution in [1.82, 2.24) is 4.31 Å². The summed E-state index contributed by atoms with van der Waals surface area (Å²) in [6.45, 7) is 4.14. The molecular formula is C13H19NO5S2. The SMILES string of the molecule is CC1CN(S(=O)(=O)c2cccc(S(C)(=O)=O)c2)CC(C)O1. The largest absolute Gasteiger partial charge is 0.373 e. The van der Waals surface area contributed by atoms with E-state index in [1.165, 1.54) is 28.6 Å². The number of sulfonamides is 1. The monoisotopic (exact) mass is 333 g/mol. The van der Waals surface area contributed by atoms with Crippen LogP contribution < -0.4 is 0 Å². The highest BCUT2D eigenvalue weighted by atomic mass is 32.2. The standard InChI is InChI=1S/C13H19NO5S2/c1-10-8-14(9-11(2)19-10)21(17,18)13-6-4-5-12(7-13)20(3,15)16/h4-7,10-11H,8-9H2,1-3H3. The molecule has 1 aromatic rings. The van der Waals surface area contributed by atoms with Gasteiger partial charge in [-0.05, 0) is 32.0 Å². The molecule has 8 heteroatoms. The number of hydrogen-bond acceptors (Lipinski definition) is 5. The lowest BCUT2D eigenvalue weighted by Crippen LogP contribution is -2.48. The van der Waals surface area contributed by atoms with Crippen LogP contribution in [-0.2, 0) is 24.6 Å². The van der Waals surface area contributed by atoms with Gasteiger partial charge in [0.2, 0.25) is 10.0 Å². The number of rotatable bonds is 3. The Balaban J connectivity index is 2.40. The van der Waals surface area contributed by atoms with Gasteiger partial charge in [-0.1, -0.05) is 6.07 Å². The van der Waals surface area contributed by atoms with Crippen LogP contribution in [0.1, 0.15) is 13.8 Å². The highest BCUT2D eigenvalue weighted by Crippen LogP contribution is 2.23. The van der Waals surface area contributed by atoms with Crippen LogP contribution in [0.3, 0.4) is 0 Å². The molecule has 0 saturated carbocycles. The molecule has 0 aliphatic carbocycles. The van der Waals surface area contributed by atoms with Crippen LogP contribution in [0.2, 0.25) is 0 Å². The van der Waals surface area contributed by atoms with Crippen molar-refractivity contribution in [2.24, 2.45) is 0 Å². The van der Waals surface area contributed by atoms with E-state index in [0.29, 0.717) is 0 Å². The molecule has 0 N–H and O–H groups in total. The third-order valence-electron chi connectivity index (χ3n) is 3.26. The van der Waals surface area contributed by atoms with Crippen LogP contribution in [0.5, 0.6) is 0 Å². The summed E-state index contributed by atoms with van der Waals surface area (Å²) in [5, 5.41) is 0. The van der Waals surface area contributed by atoms with Gasteiger partial charge in [-0.25, -0.2) is 16.8 Å². The van der Waals surface area contributed by atoms with Gasteiger partial charge in [0.15, 0.2) is 9.84 Å². The first-order valence-corrected chi connectivity index (χ1v) is 9.89. The van der Waals surface area contributed by atoms with Crippen molar-refractivity contribution in [3.8, 4) is 0 Å². The second-order valence-corrected chi connectivity index (χ2v) is 9.28. The first-order valence-electron chi connectivity index (χ1n) is 6.56. The zero-order valence-electron chi connectivity index (χ0n) is 12.2. The predicted octanol–water partition coefficient (Wildman–Crippen LogP) is 0.888. The van der Waals surface area contributed by atoms with Gasteiger partial charge in [0.1, 0.15) is 0 Å². The lowest BCUT2D eigenvalue weighted by molar-refractivity contribution is -0.0440. The fraction of sp³-hybridized carbons (Fsp3) is 0.538. The minimum absolute atomic E-state index is 0.00192. The summed E-state index contributed by atoms with van der Waals surface area (Å²) >= 11 is 0. The molecule has 0 bridgehead atoms.